The average Bonchev–Trinajstić information content (AvgIpc) is 2.78. The largest absolute Gasteiger partial charge is 0.497 e. The van der Waals surface area contributed by atoms with Gasteiger partial charge in [-0.1, -0.05) is 30.9 Å². The SMILES string of the molecule is COc1ccc2nc(Cl)c(CN(C(=O)c3cccnc3)C3CCCCC3)cc2c1. The number of hydrogen-bond acceptors (Lipinski definition) is 4. The van der Waals surface area contributed by atoms with Crippen LogP contribution in [0.3, 0.4) is 0 Å². The highest BCUT2D eigenvalue weighted by atomic mass is 35.5. The maximum atomic E-state index is 13.3. The lowest BCUT2D eigenvalue weighted by Crippen LogP contribution is -2.41. The molecule has 0 N–H and O–H groups in total. The molecule has 4 rings (SSSR count). The van der Waals surface area contributed by atoms with Crippen molar-refractivity contribution >= 4 is 28.4 Å². The summed E-state index contributed by atoms with van der Waals surface area (Å²) < 4.78 is 5.33. The van der Waals surface area contributed by atoms with Crippen LogP contribution < -0.4 is 4.74 Å². The molecule has 2 heterocycles. The maximum absolute atomic E-state index is 13.3. The van der Waals surface area contributed by atoms with Gasteiger partial charge >= 0.3 is 0 Å². The molecule has 1 aliphatic carbocycles. The molecule has 0 atom stereocenters. The maximum Gasteiger partial charge on any atom is 0.255 e. The molecular weight excluding hydrogens is 386 g/mol. The zero-order valence-corrected chi connectivity index (χ0v) is 17.2. The Labute approximate surface area is 175 Å². The predicted molar refractivity (Wildman–Crippen MR) is 114 cm³/mol. The number of aromatic nitrogens is 2. The summed E-state index contributed by atoms with van der Waals surface area (Å²) >= 11 is 6.52. The smallest absolute Gasteiger partial charge is 0.255 e. The third-order valence-electron chi connectivity index (χ3n) is 5.57. The first-order chi connectivity index (χ1) is 14.2. The number of benzene rings is 1. The molecule has 0 radical (unpaired) electrons. The van der Waals surface area contributed by atoms with Gasteiger partial charge < -0.3 is 9.64 Å². The van der Waals surface area contributed by atoms with Crippen LogP contribution in [0.25, 0.3) is 10.9 Å². The van der Waals surface area contributed by atoms with Crippen molar-refractivity contribution in [1.29, 1.82) is 0 Å². The number of pyridine rings is 2. The predicted octanol–water partition coefficient (Wildman–Crippen LogP) is 5.27. The molecular formula is C23H24ClN3O2. The van der Waals surface area contributed by atoms with E-state index in [-0.39, 0.29) is 11.9 Å². The van der Waals surface area contributed by atoms with Crippen LogP contribution in [0.1, 0.15) is 48.0 Å². The van der Waals surface area contributed by atoms with Crippen LogP contribution in [0.5, 0.6) is 5.75 Å². The molecule has 1 amide bonds. The first-order valence-electron chi connectivity index (χ1n) is 10.00. The van der Waals surface area contributed by atoms with Gasteiger partial charge in [0.2, 0.25) is 0 Å². The minimum Gasteiger partial charge on any atom is -0.497 e. The molecule has 1 saturated carbocycles. The molecule has 1 aromatic carbocycles. The molecule has 0 saturated heterocycles. The third kappa shape index (κ3) is 4.35. The normalized spacial score (nSPS) is 14.7. The fraction of sp³-hybridized carbons (Fsp3) is 0.348. The van der Waals surface area contributed by atoms with E-state index in [4.69, 9.17) is 16.3 Å². The summed E-state index contributed by atoms with van der Waals surface area (Å²) in [5, 5.41) is 1.38. The quantitative estimate of drug-likeness (QED) is 0.539. The van der Waals surface area contributed by atoms with Crippen LogP contribution in [-0.4, -0.2) is 33.9 Å². The Morgan fingerprint density at radius 1 is 1.21 bits per heavy atom. The summed E-state index contributed by atoms with van der Waals surface area (Å²) in [7, 11) is 1.64. The number of rotatable bonds is 5. The molecule has 1 fully saturated rings. The highest BCUT2D eigenvalue weighted by molar-refractivity contribution is 6.30. The summed E-state index contributed by atoms with van der Waals surface area (Å²) in [5.74, 6) is 0.759. The van der Waals surface area contributed by atoms with Crippen LogP contribution in [0, 0.1) is 0 Å². The van der Waals surface area contributed by atoms with Crippen LogP contribution in [0.4, 0.5) is 0 Å². The number of carbonyl (C=O) groups excluding carboxylic acids is 1. The highest BCUT2D eigenvalue weighted by Gasteiger charge is 2.27. The van der Waals surface area contributed by atoms with E-state index in [1.807, 2.05) is 35.2 Å². The fourth-order valence-corrected chi connectivity index (χ4v) is 4.22. The van der Waals surface area contributed by atoms with E-state index >= 15 is 0 Å². The second kappa shape index (κ2) is 8.78. The molecule has 1 aliphatic rings. The van der Waals surface area contributed by atoms with Crippen molar-refractivity contribution in [2.24, 2.45) is 0 Å². The molecule has 0 bridgehead atoms. The Bertz CT molecular complexity index is 1000. The zero-order chi connectivity index (χ0) is 20.2. The van der Waals surface area contributed by atoms with Crippen molar-refractivity contribution in [2.75, 3.05) is 7.11 Å². The molecule has 0 spiro atoms. The summed E-state index contributed by atoms with van der Waals surface area (Å²) in [5.41, 5.74) is 2.25. The minimum absolute atomic E-state index is 0.00759. The van der Waals surface area contributed by atoms with Gasteiger partial charge in [0, 0.05) is 35.9 Å². The van der Waals surface area contributed by atoms with Crippen LogP contribution in [0.2, 0.25) is 5.15 Å². The monoisotopic (exact) mass is 409 g/mol. The summed E-state index contributed by atoms with van der Waals surface area (Å²) in [4.78, 5) is 23.9. The van der Waals surface area contributed by atoms with E-state index in [2.05, 4.69) is 9.97 Å². The standard InChI is InChI=1S/C23H24ClN3O2/c1-29-20-9-10-21-17(13-20)12-18(22(24)26-21)15-27(19-7-3-2-4-8-19)23(28)16-6-5-11-25-14-16/h5-6,9-14,19H,2-4,7-8,15H2,1H3. The Hall–Kier alpha value is -2.66. The number of fused-ring (bicyclic) bond motifs is 1. The topological polar surface area (TPSA) is 55.3 Å². The lowest BCUT2D eigenvalue weighted by atomic mass is 9.93. The number of ether oxygens (including phenoxy) is 1. The van der Waals surface area contributed by atoms with Gasteiger partial charge in [0.05, 0.1) is 18.2 Å². The Balaban J connectivity index is 1.69. The van der Waals surface area contributed by atoms with Gasteiger partial charge in [-0.05, 0) is 49.2 Å². The molecule has 2 aromatic heterocycles. The van der Waals surface area contributed by atoms with E-state index in [0.29, 0.717) is 17.3 Å². The van der Waals surface area contributed by atoms with Crippen molar-refractivity contribution in [3.8, 4) is 5.75 Å². The highest BCUT2D eigenvalue weighted by Crippen LogP contribution is 2.29. The van der Waals surface area contributed by atoms with Gasteiger partial charge in [-0.25, -0.2) is 4.98 Å². The van der Waals surface area contributed by atoms with Gasteiger partial charge in [0.25, 0.3) is 5.91 Å². The van der Waals surface area contributed by atoms with E-state index in [1.54, 1.807) is 25.6 Å². The number of carbonyl (C=O) groups is 1. The van der Waals surface area contributed by atoms with E-state index in [9.17, 15) is 4.79 Å². The average molecular weight is 410 g/mol. The summed E-state index contributed by atoms with van der Waals surface area (Å²) in [6.07, 6.45) is 8.84. The first-order valence-corrected chi connectivity index (χ1v) is 10.4. The molecule has 5 nitrogen and oxygen atoms in total. The van der Waals surface area contributed by atoms with E-state index < -0.39 is 0 Å². The molecule has 29 heavy (non-hydrogen) atoms. The molecule has 0 unspecified atom stereocenters. The van der Waals surface area contributed by atoms with Crippen molar-refractivity contribution < 1.29 is 9.53 Å². The number of amides is 1. The van der Waals surface area contributed by atoms with Crippen LogP contribution in [-0.2, 0) is 6.54 Å². The lowest BCUT2D eigenvalue weighted by molar-refractivity contribution is 0.0614. The van der Waals surface area contributed by atoms with E-state index in [1.165, 1.54) is 6.42 Å². The van der Waals surface area contributed by atoms with Gasteiger partial charge in [-0.15, -0.1) is 0 Å². The first kappa shape index (κ1) is 19.6. The fourth-order valence-electron chi connectivity index (χ4n) is 4.01. The van der Waals surface area contributed by atoms with Gasteiger partial charge in [-0.2, -0.15) is 0 Å². The van der Waals surface area contributed by atoms with Crippen LogP contribution >= 0.6 is 11.6 Å². The zero-order valence-electron chi connectivity index (χ0n) is 16.5. The molecule has 0 aliphatic heterocycles. The summed E-state index contributed by atoms with van der Waals surface area (Å²) in [6.45, 7) is 0.428. The Morgan fingerprint density at radius 3 is 2.76 bits per heavy atom. The van der Waals surface area contributed by atoms with Crippen molar-refractivity contribution in [1.82, 2.24) is 14.9 Å². The van der Waals surface area contributed by atoms with Crippen molar-refractivity contribution in [3.63, 3.8) is 0 Å². The van der Waals surface area contributed by atoms with E-state index in [0.717, 1.165) is 47.9 Å². The third-order valence-corrected chi connectivity index (χ3v) is 5.90. The van der Waals surface area contributed by atoms with Gasteiger partial charge in [0.1, 0.15) is 10.9 Å². The summed E-state index contributed by atoms with van der Waals surface area (Å²) in [6, 6.07) is 11.5. The second-order valence-corrected chi connectivity index (χ2v) is 7.82. The number of nitrogens with zero attached hydrogens (tertiary/aromatic N) is 3. The Kier molecular flexibility index (Phi) is 5.95. The minimum atomic E-state index is -0.00759. The number of methoxy groups -OCH3 is 1. The van der Waals surface area contributed by atoms with Crippen molar-refractivity contribution in [3.05, 3.63) is 65.1 Å². The Morgan fingerprint density at radius 2 is 2.03 bits per heavy atom. The second-order valence-electron chi connectivity index (χ2n) is 7.46. The molecule has 150 valence electrons. The van der Waals surface area contributed by atoms with Gasteiger partial charge in [0.15, 0.2) is 0 Å². The van der Waals surface area contributed by atoms with Crippen molar-refractivity contribution in [2.45, 2.75) is 44.7 Å². The lowest BCUT2D eigenvalue weighted by Gasteiger charge is -2.34. The van der Waals surface area contributed by atoms with Gasteiger partial charge in [-0.3, -0.25) is 9.78 Å². The van der Waals surface area contributed by atoms with Crippen LogP contribution in [0.15, 0.2) is 48.8 Å². The molecule has 3 aromatic rings. The number of hydrogen-bond donors (Lipinski definition) is 0. The molecule has 6 heteroatoms. The number of halogens is 1.